The summed E-state index contributed by atoms with van der Waals surface area (Å²) in [6.07, 6.45) is -0.162. The standard InChI is InChI=1S/C14H17NO2/c1-14(2,3)9-12(10-15)17-13(16)11-7-5-4-6-8-11/h4-8,12H,9H2,1-3H3. The molecule has 0 saturated heterocycles. The fourth-order valence-corrected chi connectivity index (χ4v) is 1.44. The number of hydrogen-bond acceptors (Lipinski definition) is 3. The lowest BCUT2D eigenvalue weighted by molar-refractivity contribution is 0.0336. The zero-order valence-corrected chi connectivity index (χ0v) is 10.4. The quantitative estimate of drug-likeness (QED) is 0.751. The summed E-state index contributed by atoms with van der Waals surface area (Å²) in [6.45, 7) is 6.02. The maximum Gasteiger partial charge on any atom is 0.339 e. The summed E-state index contributed by atoms with van der Waals surface area (Å²) in [5.41, 5.74) is 0.429. The molecule has 0 fully saturated rings. The molecule has 0 amide bonds. The van der Waals surface area contributed by atoms with Gasteiger partial charge in [-0.05, 0) is 17.5 Å². The van der Waals surface area contributed by atoms with Gasteiger partial charge in [0.05, 0.1) is 5.56 Å². The van der Waals surface area contributed by atoms with Gasteiger partial charge >= 0.3 is 5.97 Å². The molecule has 1 atom stereocenters. The second-order valence-electron chi connectivity index (χ2n) is 5.15. The highest BCUT2D eigenvalue weighted by Crippen LogP contribution is 2.22. The molecule has 1 unspecified atom stereocenters. The molecule has 1 aromatic carbocycles. The Morgan fingerprint density at radius 2 is 1.94 bits per heavy atom. The minimum Gasteiger partial charge on any atom is -0.443 e. The van der Waals surface area contributed by atoms with Crippen LogP contribution in [0.25, 0.3) is 0 Å². The molecule has 0 heterocycles. The molecule has 0 aliphatic carbocycles. The van der Waals surface area contributed by atoms with Crippen LogP contribution in [-0.2, 0) is 4.74 Å². The third-order valence-corrected chi connectivity index (χ3v) is 2.20. The van der Waals surface area contributed by atoms with Gasteiger partial charge in [0.2, 0.25) is 0 Å². The van der Waals surface area contributed by atoms with Crippen molar-refractivity contribution in [2.75, 3.05) is 0 Å². The Kier molecular flexibility index (Phi) is 4.28. The highest BCUT2D eigenvalue weighted by Gasteiger charge is 2.22. The zero-order chi connectivity index (χ0) is 12.9. The molecule has 0 N–H and O–H groups in total. The Balaban J connectivity index is 2.65. The molecule has 0 bridgehead atoms. The topological polar surface area (TPSA) is 50.1 Å². The van der Waals surface area contributed by atoms with Crippen molar-refractivity contribution in [3.8, 4) is 6.07 Å². The number of hydrogen-bond donors (Lipinski definition) is 0. The fraction of sp³-hybridized carbons (Fsp3) is 0.429. The van der Waals surface area contributed by atoms with Gasteiger partial charge in [0.25, 0.3) is 0 Å². The SMILES string of the molecule is CC(C)(C)CC(C#N)OC(=O)c1ccccc1. The van der Waals surface area contributed by atoms with E-state index < -0.39 is 12.1 Å². The minimum absolute atomic E-state index is 0.0443. The molecule has 0 saturated carbocycles. The molecular weight excluding hydrogens is 214 g/mol. The average molecular weight is 231 g/mol. The van der Waals surface area contributed by atoms with Gasteiger partial charge in [-0.1, -0.05) is 39.0 Å². The van der Waals surface area contributed by atoms with E-state index in [1.807, 2.05) is 32.9 Å². The van der Waals surface area contributed by atoms with Crippen LogP contribution >= 0.6 is 0 Å². The van der Waals surface area contributed by atoms with Crippen molar-refractivity contribution >= 4 is 5.97 Å². The first-order valence-electron chi connectivity index (χ1n) is 5.58. The zero-order valence-electron chi connectivity index (χ0n) is 10.4. The molecule has 0 radical (unpaired) electrons. The Labute approximate surface area is 102 Å². The molecule has 0 aliphatic heterocycles. The lowest BCUT2D eigenvalue weighted by atomic mass is 9.89. The summed E-state index contributed by atoms with van der Waals surface area (Å²) in [4.78, 5) is 11.7. The van der Waals surface area contributed by atoms with Crippen LogP contribution in [0, 0.1) is 16.7 Å². The van der Waals surface area contributed by atoms with Gasteiger partial charge in [-0.15, -0.1) is 0 Å². The number of esters is 1. The molecular formula is C14H17NO2. The van der Waals surface area contributed by atoms with Crippen molar-refractivity contribution in [3.63, 3.8) is 0 Å². The van der Waals surface area contributed by atoms with Crippen LogP contribution in [0.1, 0.15) is 37.6 Å². The van der Waals surface area contributed by atoms with Gasteiger partial charge in [-0.25, -0.2) is 4.79 Å². The maximum absolute atomic E-state index is 11.7. The van der Waals surface area contributed by atoms with Crippen LogP contribution in [0.5, 0.6) is 0 Å². The largest absolute Gasteiger partial charge is 0.443 e. The Morgan fingerprint density at radius 1 is 1.35 bits per heavy atom. The smallest absolute Gasteiger partial charge is 0.339 e. The lowest BCUT2D eigenvalue weighted by Gasteiger charge is -2.21. The molecule has 1 rings (SSSR count). The van der Waals surface area contributed by atoms with E-state index >= 15 is 0 Å². The monoisotopic (exact) mass is 231 g/mol. The summed E-state index contributed by atoms with van der Waals surface area (Å²) in [7, 11) is 0. The predicted molar refractivity (Wildman–Crippen MR) is 65.3 cm³/mol. The second-order valence-corrected chi connectivity index (χ2v) is 5.15. The Morgan fingerprint density at radius 3 is 2.41 bits per heavy atom. The van der Waals surface area contributed by atoms with Crippen molar-refractivity contribution < 1.29 is 9.53 Å². The van der Waals surface area contributed by atoms with Crippen molar-refractivity contribution in [3.05, 3.63) is 35.9 Å². The summed E-state index contributed by atoms with van der Waals surface area (Å²) in [5, 5.41) is 8.96. The van der Waals surface area contributed by atoms with Gasteiger partial charge in [-0.2, -0.15) is 5.26 Å². The highest BCUT2D eigenvalue weighted by molar-refractivity contribution is 5.89. The van der Waals surface area contributed by atoms with Gasteiger partial charge in [0.1, 0.15) is 6.07 Å². The molecule has 0 aliphatic rings. The molecule has 3 heteroatoms. The van der Waals surface area contributed by atoms with Crippen molar-refractivity contribution in [1.29, 1.82) is 5.26 Å². The molecule has 90 valence electrons. The van der Waals surface area contributed by atoms with Crippen molar-refractivity contribution in [2.45, 2.75) is 33.3 Å². The van der Waals surface area contributed by atoms with E-state index in [2.05, 4.69) is 0 Å². The highest BCUT2D eigenvalue weighted by atomic mass is 16.5. The van der Waals surface area contributed by atoms with Gasteiger partial charge in [0.15, 0.2) is 6.10 Å². The fourth-order valence-electron chi connectivity index (χ4n) is 1.44. The molecule has 0 spiro atoms. The number of ether oxygens (including phenoxy) is 1. The number of nitrogens with zero attached hydrogens (tertiary/aromatic N) is 1. The van der Waals surface area contributed by atoms with Crippen LogP contribution in [0.2, 0.25) is 0 Å². The van der Waals surface area contributed by atoms with E-state index in [1.165, 1.54) is 0 Å². The van der Waals surface area contributed by atoms with Crippen LogP contribution in [0.3, 0.4) is 0 Å². The first-order valence-corrected chi connectivity index (χ1v) is 5.58. The predicted octanol–water partition coefficient (Wildman–Crippen LogP) is 3.17. The van der Waals surface area contributed by atoms with Gasteiger partial charge < -0.3 is 4.74 Å². The van der Waals surface area contributed by atoms with E-state index in [0.29, 0.717) is 12.0 Å². The van der Waals surface area contributed by atoms with Crippen LogP contribution in [0.4, 0.5) is 0 Å². The molecule has 0 aromatic heterocycles. The number of benzene rings is 1. The van der Waals surface area contributed by atoms with Crippen molar-refractivity contribution in [2.24, 2.45) is 5.41 Å². The first-order chi connectivity index (χ1) is 7.92. The molecule has 1 aromatic rings. The van der Waals surface area contributed by atoms with Crippen LogP contribution in [-0.4, -0.2) is 12.1 Å². The summed E-state index contributed by atoms with van der Waals surface area (Å²) >= 11 is 0. The van der Waals surface area contributed by atoms with E-state index in [9.17, 15) is 4.79 Å². The molecule has 17 heavy (non-hydrogen) atoms. The maximum atomic E-state index is 11.7. The normalized spacial score (nSPS) is 12.6. The number of nitriles is 1. The summed E-state index contributed by atoms with van der Waals surface area (Å²) < 4.78 is 5.16. The Bertz CT molecular complexity index is 412. The third kappa shape index (κ3) is 4.69. The minimum atomic E-state index is -0.692. The first kappa shape index (κ1) is 13.2. The number of rotatable bonds is 3. The lowest BCUT2D eigenvalue weighted by Crippen LogP contribution is -2.22. The van der Waals surface area contributed by atoms with Gasteiger partial charge in [0, 0.05) is 6.42 Å². The second kappa shape index (κ2) is 5.49. The number of carbonyl (C=O) groups excluding carboxylic acids is 1. The average Bonchev–Trinajstić information content (AvgIpc) is 2.27. The Hall–Kier alpha value is -1.82. The van der Waals surface area contributed by atoms with E-state index in [-0.39, 0.29) is 5.41 Å². The summed E-state index contributed by atoms with van der Waals surface area (Å²) in [5.74, 6) is -0.443. The van der Waals surface area contributed by atoms with E-state index in [0.717, 1.165) is 0 Å². The van der Waals surface area contributed by atoms with E-state index in [1.54, 1.807) is 24.3 Å². The number of carbonyl (C=O) groups is 1. The van der Waals surface area contributed by atoms with Crippen LogP contribution < -0.4 is 0 Å². The van der Waals surface area contributed by atoms with Crippen LogP contribution in [0.15, 0.2) is 30.3 Å². The van der Waals surface area contributed by atoms with Crippen molar-refractivity contribution in [1.82, 2.24) is 0 Å². The summed E-state index contributed by atoms with van der Waals surface area (Å²) in [6, 6.07) is 10.7. The third-order valence-electron chi connectivity index (χ3n) is 2.20. The van der Waals surface area contributed by atoms with Gasteiger partial charge in [-0.3, -0.25) is 0 Å². The van der Waals surface area contributed by atoms with E-state index in [4.69, 9.17) is 10.00 Å². The molecule has 3 nitrogen and oxygen atoms in total.